The van der Waals surface area contributed by atoms with Gasteiger partial charge in [0.05, 0.1) is 72.7 Å². The third kappa shape index (κ3) is 25.7. The van der Waals surface area contributed by atoms with E-state index in [2.05, 4.69) is 31.9 Å². The molecule has 0 aromatic rings. The number of hydrogen-bond donors (Lipinski definition) is 35. The summed E-state index contributed by atoms with van der Waals surface area (Å²) in [5.74, 6) is -5.52. The zero-order valence-electron chi connectivity index (χ0n) is 75.5. The minimum Gasteiger partial charge on any atom is -0.394 e. The van der Waals surface area contributed by atoms with Crippen LogP contribution in [0.3, 0.4) is 0 Å². The summed E-state index contributed by atoms with van der Waals surface area (Å²) >= 11 is 0. The second-order valence-corrected chi connectivity index (χ2v) is 35.2. The minimum absolute atomic E-state index is 0.819. The van der Waals surface area contributed by atoms with Gasteiger partial charge in [0.2, 0.25) is 35.4 Å². The van der Waals surface area contributed by atoms with E-state index in [4.69, 9.17) is 99.5 Å². The van der Waals surface area contributed by atoms with E-state index in [1.165, 1.54) is 0 Å². The normalized spacial score (nSPS) is 48.1. The molecule has 62 heteroatoms. The van der Waals surface area contributed by atoms with Crippen molar-refractivity contribution in [1.29, 1.82) is 0 Å². The number of amides is 6. The van der Waals surface area contributed by atoms with Gasteiger partial charge in [-0.15, -0.1) is 0 Å². The molecule has 11 aliphatic heterocycles. The van der Waals surface area contributed by atoms with Gasteiger partial charge in [0.25, 0.3) is 0 Å². The van der Waals surface area contributed by atoms with Crippen LogP contribution in [0.1, 0.15) is 41.5 Å². The van der Waals surface area contributed by atoms with Crippen molar-refractivity contribution in [3.05, 3.63) is 0 Å². The molecular weight excluding hydrogens is 1920 g/mol. The average Bonchev–Trinajstić information content (AvgIpc) is 0.766. The number of hydrogen-bond acceptors (Lipinski definition) is 56. The van der Waals surface area contributed by atoms with Crippen molar-refractivity contribution in [3.8, 4) is 0 Å². The third-order valence-corrected chi connectivity index (χ3v) is 25.4. The van der Waals surface area contributed by atoms with Crippen molar-refractivity contribution in [1.82, 2.24) is 31.9 Å². The van der Waals surface area contributed by atoms with E-state index in [0.29, 0.717) is 0 Å². The Morgan fingerprint density at radius 3 is 0.679 bits per heavy atom. The Bertz CT molecular complexity index is 3920. The number of carbonyl (C=O) groups excluding carboxylic acids is 6. The van der Waals surface area contributed by atoms with Crippen LogP contribution in [0.5, 0.6) is 0 Å². The van der Waals surface area contributed by atoms with Crippen molar-refractivity contribution in [2.75, 3.05) is 72.7 Å². The molecule has 6 amide bonds. The predicted molar refractivity (Wildman–Crippen MR) is 432 cm³/mol. The van der Waals surface area contributed by atoms with E-state index in [-0.39, 0.29) is 0 Å². The lowest BCUT2D eigenvalue weighted by Crippen LogP contribution is -2.71. The van der Waals surface area contributed by atoms with Gasteiger partial charge in [0, 0.05) is 41.5 Å². The Hall–Kier alpha value is -5.18. The molecule has 11 fully saturated rings. The van der Waals surface area contributed by atoms with Gasteiger partial charge in [0.1, 0.15) is 268 Å². The molecule has 0 spiro atoms. The van der Waals surface area contributed by atoms with Crippen LogP contribution >= 0.6 is 0 Å². The highest BCUT2D eigenvalue weighted by Gasteiger charge is 2.63. The number of ether oxygens (including phenoxy) is 21. The molecule has 140 heavy (non-hydrogen) atoms. The lowest BCUT2D eigenvalue weighted by Gasteiger charge is -2.51. The summed E-state index contributed by atoms with van der Waals surface area (Å²) in [6.45, 7) is -6.99. The molecule has 0 aromatic heterocycles. The quantitative estimate of drug-likeness (QED) is 0.0275. The molecule has 35 N–H and O–H groups in total. The lowest BCUT2D eigenvalue weighted by atomic mass is 9.93. The van der Waals surface area contributed by atoms with Crippen LogP contribution in [0, 0.1) is 0 Å². The first-order valence-electron chi connectivity index (χ1n) is 44.6. The van der Waals surface area contributed by atoms with E-state index >= 15 is 0 Å². The van der Waals surface area contributed by atoms with Gasteiger partial charge >= 0.3 is 0 Å². The molecule has 0 aliphatic carbocycles. The minimum atomic E-state index is -2.67. The zero-order chi connectivity index (χ0) is 103. The Kier molecular flexibility index (Phi) is 41.7. The second kappa shape index (κ2) is 50.7. The molecule has 11 rings (SSSR count). The maximum atomic E-state index is 13.3. The fourth-order valence-corrected chi connectivity index (χ4v) is 18.2. The van der Waals surface area contributed by atoms with Gasteiger partial charge < -0.3 is 279 Å². The van der Waals surface area contributed by atoms with Gasteiger partial charge in [-0.05, 0) is 0 Å². The first kappa shape index (κ1) is 115. The van der Waals surface area contributed by atoms with Crippen LogP contribution in [-0.4, -0.2) is 594 Å². The summed E-state index contributed by atoms with van der Waals surface area (Å²) in [4.78, 5) is 76.6. The van der Waals surface area contributed by atoms with Crippen LogP contribution in [-0.2, 0) is 128 Å². The van der Waals surface area contributed by atoms with Crippen LogP contribution in [0.15, 0.2) is 0 Å². The topological polar surface area (TPSA) is 955 Å². The maximum absolute atomic E-state index is 13.3. The predicted octanol–water partition coefficient (Wildman–Crippen LogP) is -24.1. The fourth-order valence-electron chi connectivity index (χ4n) is 18.2. The van der Waals surface area contributed by atoms with Crippen LogP contribution in [0.4, 0.5) is 0 Å². The lowest BCUT2D eigenvalue weighted by molar-refractivity contribution is -0.400. The average molecular weight is 2050 g/mol. The third-order valence-electron chi connectivity index (χ3n) is 25.4. The number of aliphatic hydroxyl groups is 29. The molecular formula is C78H130N6O56. The van der Waals surface area contributed by atoms with E-state index in [9.17, 15) is 177 Å². The molecule has 0 radical (unpaired) electrons. The summed E-state index contributed by atoms with van der Waals surface area (Å²) in [5, 5.41) is 343. The highest BCUT2D eigenvalue weighted by Crippen LogP contribution is 2.42. The number of aliphatic hydroxyl groups excluding tert-OH is 29. The molecule has 0 aromatic carbocycles. The SMILES string of the molecule is CC(=O)N[C@@H]1[C@@H](O)[C@H](O[C@@H]2O[C@H](CO)[C@@H](O[C@@H]3O[C@H](CO[C@H]4O[C@H](CO)[C@@H](O)[C@H](O)[C@@H]4O[C@@H]4O[C@H](CO)[C@@H](O[C@@H]5O[C@H](CO)[C@H](O)[C@H](O[C@@H]6O[C@H](CO)[C@@H](O)[C@H](O)[C@H]6NC(C)=O)[C@H]5O)[C@H](O)[C@H]4NC(C)=O)[C@@H](O)[C@H](O[C@H]4O[C@H](CO)[C@@H](O)[C@H](O)[C@@H]4O[C@@H]4O[C@H](CO)[C@@H](O[C@@H]5O[C@H](CO)[C@H](O)[C@H](O[C@@H]6O[C@H](CO)[C@@H](O)[C@H](O)[C@H]6NC(C)=O)[C@H]5O)[C@H](O)[C@H]4NC(C)=O)[C@@H]3O)[C@H](O)[C@H]2NC(C)=O)[C@@H](CO)O[C@H]1O. The summed E-state index contributed by atoms with van der Waals surface area (Å²) in [5.41, 5.74) is 0. The number of rotatable bonds is 37. The van der Waals surface area contributed by atoms with Gasteiger partial charge in [-0.25, -0.2) is 0 Å². The van der Waals surface area contributed by atoms with Crippen molar-refractivity contribution in [2.24, 2.45) is 0 Å². The van der Waals surface area contributed by atoms with E-state index < -0.39 is 446 Å². The van der Waals surface area contributed by atoms with E-state index in [0.717, 1.165) is 41.5 Å². The first-order chi connectivity index (χ1) is 66.3. The van der Waals surface area contributed by atoms with Gasteiger partial charge in [0.15, 0.2) is 69.2 Å². The summed E-state index contributed by atoms with van der Waals surface area (Å²) in [7, 11) is 0. The molecule has 55 atom stereocenters. The molecule has 11 heterocycles. The largest absolute Gasteiger partial charge is 0.394 e. The Morgan fingerprint density at radius 2 is 0.379 bits per heavy atom. The fraction of sp³-hybridized carbons (Fsp3) is 0.923. The standard InChI is InChI=1S/C78H130N6O56/c1-18(95)79-35-50(110)59(30(13-91)121-68(35)119)132-71-38(82-21(4)98)51(111)62(31(14-92)128-71)135-76-58(118)65(138-78-67(55(115)44(104)27(10-88)127-78)140-73-40(84-23(6)100)53(113)61(33(16-94)130-73)134-75-57(117)64(46(106)29(12-90)125-75)137-70-37(81-20(3)97)49(109)42(102)25(8-86)123-70)47(107)34(131-76)17-120-77-66(54(114)43(103)26(9-87)126-77)139-72-39(83-22(5)99)52(112)60(32(15-93)129-72)133-74-56(116)63(45(105)28(11-89)124-74)136-69-36(80-19(2)96)48(108)41(101)24(7-85)122-69/h24-78,85-94,101-119H,7-17H2,1-6H3,(H,79,95)(H,80,96)(H,81,97)(H,82,98)(H,83,99)(H,84,100)/t24-,25-,26-,27-,28-,29-,30-,31-,32-,33-,34-,35-,36-,37-,38-,39-,40-,41-,42-,43-,44-,45+,46+,47-,48-,49-,50-,51-,52-,53-,54+,55+,56-,57-,58+,59-,60-,61-,62-,63+,64+,65+,66+,67+,68-,69+,70+,71+,72+,73+,74+,75+,76+,77+,78-/m1/s1. The van der Waals surface area contributed by atoms with E-state index in [1.54, 1.807) is 0 Å². The molecule has 62 nitrogen and oxygen atoms in total. The number of nitrogens with one attached hydrogen (secondary N) is 6. The van der Waals surface area contributed by atoms with Crippen molar-refractivity contribution >= 4 is 35.4 Å². The first-order valence-corrected chi connectivity index (χ1v) is 44.6. The molecule has 0 unspecified atom stereocenters. The molecule has 808 valence electrons. The maximum Gasteiger partial charge on any atom is 0.217 e. The Labute approximate surface area is 792 Å². The highest BCUT2D eigenvalue weighted by atomic mass is 16.8. The van der Waals surface area contributed by atoms with Crippen molar-refractivity contribution < 1.29 is 276 Å². The van der Waals surface area contributed by atoms with Crippen LogP contribution in [0.2, 0.25) is 0 Å². The summed E-state index contributed by atoms with van der Waals surface area (Å²) < 4.78 is 126. The van der Waals surface area contributed by atoms with Gasteiger partial charge in [-0.2, -0.15) is 0 Å². The second-order valence-electron chi connectivity index (χ2n) is 35.2. The van der Waals surface area contributed by atoms with Crippen molar-refractivity contribution in [2.45, 2.75) is 379 Å². The molecule has 0 saturated carbocycles. The highest BCUT2D eigenvalue weighted by molar-refractivity contribution is 5.75. The molecule has 0 bridgehead atoms. The van der Waals surface area contributed by atoms with E-state index in [1.807, 2.05) is 0 Å². The van der Waals surface area contributed by atoms with Crippen LogP contribution < -0.4 is 31.9 Å². The summed E-state index contributed by atoms with van der Waals surface area (Å²) in [6.07, 6.45) is -105. The zero-order valence-corrected chi connectivity index (χ0v) is 75.5. The number of carbonyl (C=O) groups is 6. The smallest absolute Gasteiger partial charge is 0.217 e. The van der Waals surface area contributed by atoms with Gasteiger partial charge in [-0.3, -0.25) is 28.8 Å². The van der Waals surface area contributed by atoms with Crippen LogP contribution in [0.25, 0.3) is 0 Å². The van der Waals surface area contributed by atoms with Crippen molar-refractivity contribution in [3.63, 3.8) is 0 Å². The van der Waals surface area contributed by atoms with Gasteiger partial charge in [-0.1, -0.05) is 0 Å². The Balaban J connectivity index is 0.903. The molecule has 11 aliphatic rings. The Morgan fingerprint density at radius 1 is 0.186 bits per heavy atom. The molecule has 11 saturated heterocycles. The monoisotopic (exact) mass is 2050 g/mol. The summed E-state index contributed by atoms with van der Waals surface area (Å²) in [6, 6.07) is -11.2.